The zero-order valence-corrected chi connectivity index (χ0v) is 13.6. The number of carbonyl (C=O) groups excluding carboxylic acids is 2. The molecule has 1 aromatic rings. The van der Waals surface area contributed by atoms with Gasteiger partial charge in [0, 0.05) is 19.3 Å². The van der Waals surface area contributed by atoms with Crippen LogP contribution in [0, 0.1) is 0 Å². The molecule has 0 radical (unpaired) electrons. The van der Waals surface area contributed by atoms with Crippen molar-refractivity contribution in [1.82, 2.24) is 4.98 Å². The molecule has 1 rings (SSSR count). The Bertz CT molecular complexity index is 544. The molecule has 0 saturated carbocycles. The summed E-state index contributed by atoms with van der Waals surface area (Å²) in [4.78, 5) is 28.6. The quantitative estimate of drug-likeness (QED) is 0.632. The van der Waals surface area contributed by atoms with E-state index in [0.29, 0.717) is 12.4 Å². The Morgan fingerprint density at radius 1 is 1.32 bits per heavy atom. The van der Waals surface area contributed by atoms with E-state index in [-0.39, 0.29) is 0 Å². The van der Waals surface area contributed by atoms with Gasteiger partial charge < -0.3 is 9.47 Å². The molecule has 0 atom stereocenters. The zero-order chi connectivity index (χ0) is 16.8. The first-order chi connectivity index (χ1) is 10.2. The van der Waals surface area contributed by atoms with Gasteiger partial charge in [0.1, 0.15) is 11.4 Å². The number of rotatable bonds is 4. The molecule has 6 nitrogen and oxygen atoms in total. The van der Waals surface area contributed by atoms with E-state index in [1.165, 1.54) is 11.0 Å². The Balaban J connectivity index is 2.72. The van der Waals surface area contributed by atoms with Crippen molar-refractivity contribution < 1.29 is 19.1 Å². The first kappa shape index (κ1) is 17.7. The number of hydrogen-bond donors (Lipinski definition) is 0. The van der Waals surface area contributed by atoms with Gasteiger partial charge in [-0.25, -0.2) is 14.6 Å². The van der Waals surface area contributed by atoms with Crippen molar-refractivity contribution in [3.05, 3.63) is 30.0 Å². The Kier molecular flexibility index (Phi) is 6.10. The fourth-order valence-electron chi connectivity index (χ4n) is 1.47. The van der Waals surface area contributed by atoms with Crippen LogP contribution in [0.5, 0.6) is 0 Å². The van der Waals surface area contributed by atoms with Crippen molar-refractivity contribution >= 4 is 24.0 Å². The molecule has 1 amide bonds. The van der Waals surface area contributed by atoms with Gasteiger partial charge in [-0.3, -0.25) is 4.90 Å². The van der Waals surface area contributed by atoms with Gasteiger partial charge in [0.05, 0.1) is 6.61 Å². The summed E-state index contributed by atoms with van der Waals surface area (Å²) >= 11 is 0. The Hall–Kier alpha value is -2.37. The van der Waals surface area contributed by atoms with E-state index < -0.39 is 17.7 Å². The lowest BCUT2D eigenvalue weighted by atomic mass is 10.2. The van der Waals surface area contributed by atoms with Crippen LogP contribution in [0.1, 0.15) is 33.3 Å². The van der Waals surface area contributed by atoms with E-state index in [9.17, 15) is 9.59 Å². The number of hydrogen-bond acceptors (Lipinski definition) is 5. The molecular formula is C16H22N2O4. The molecule has 6 heteroatoms. The van der Waals surface area contributed by atoms with E-state index in [1.54, 1.807) is 59.1 Å². The topological polar surface area (TPSA) is 68.7 Å². The highest BCUT2D eigenvalue weighted by molar-refractivity contribution is 5.87. The van der Waals surface area contributed by atoms with Crippen LogP contribution in [-0.2, 0) is 14.3 Å². The van der Waals surface area contributed by atoms with Gasteiger partial charge in [-0.15, -0.1) is 0 Å². The van der Waals surface area contributed by atoms with Crippen LogP contribution >= 0.6 is 0 Å². The zero-order valence-electron chi connectivity index (χ0n) is 13.6. The fourth-order valence-corrected chi connectivity index (χ4v) is 1.47. The SMILES string of the molecule is CCOC(=O)C=Cc1ccc(N(C)C(=O)OC(C)(C)C)nc1. The lowest BCUT2D eigenvalue weighted by Gasteiger charge is -2.24. The van der Waals surface area contributed by atoms with Crippen LogP contribution < -0.4 is 4.90 Å². The molecule has 0 fully saturated rings. The van der Waals surface area contributed by atoms with Crippen molar-refractivity contribution in [3.8, 4) is 0 Å². The van der Waals surface area contributed by atoms with Crippen molar-refractivity contribution in [3.63, 3.8) is 0 Å². The molecule has 120 valence electrons. The summed E-state index contributed by atoms with van der Waals surface area (Å²) in [7, 11) is 1.59. The van der Waals surface area contributed by atoms with Crippen molar-refractivity contribution in [2.45, 2.75) is 33.3 Å². The highest BCUT2D eigenvalue weighted by atomic mass is 16.6. The smallest absolute Gasteiger partial charge is 0.415 e. The third-order valence-electron chi connectivity index (χ3n) is 2.48. The predicted molar refractivity (Wildman–Crippen MR) is 84.5 cm³/mol. The monoisotopic (exact) mass is 306 g/mol. The van der Waals surface area contributed by atoms with Crippen molar-refractivity contribution in [1.29, 1.82) is 0 Å². The van der Waals surface area contributed by atoms with Crippen molar-refractivity contribution in [2.24, 2.45) is 0 Å². The molecule has 0 N–H and O–H groups in total. The summed E-state index contributed by atoms with van der Waals surface area (Å²) < 4.78 is 10.0. The van der Waals surface area contributed by atoms with Gasteiger partial charge in [0.15, 0.2) is 0 Å². The van der Waals surface area contributed by atoms with Crippen molar-refractivity contribution in [2.75, 3.05) is 18.6 Å². The molecule has 1 heterocycles. The summed E-state index contributed by atoms with van der Waals surface area (Å²) in [6, 6.07) is 3.42. The number of ether oxygens (including phenoxy) is 2. The first-order valence-electron chi connectivity index (χ1n) is 7.00. The number of amides is 1. The molecule has 0 aromatic carbocycles. The lowest BCUT2D eigenvalue weighted by molar-refractivity contribution is -0.137. The molecule has 0 spiro atoms. The number of pyridine rings is 1. The van der Waals surface area contributed by atoms with E-state index >= 15 is 0 Å². The van der Waals surface area contributed by atoms with E-state index in [2.05, 4.69) is 4.98 Å². The van der Waals surface area contributed by atoms with Gasteiger partial charge in [0.2, 0.25) is 0 Å². The Labute approximate surface area is 130 Å². The second kappa shape index (κ2) is 7.59. The summed E-state index contributed by atoms with van der Waals surface area (Å²) in [6.45, 7) is 7.48. The van der Waals surface area contributed by atoms with Crippen LogP contribution in [0.4, 0.5) is 10.6 Å². The van der Waals surface area contributed by atoms with Crippen LogP contribution in [-0.4, -0.2) is 36.3 Å². The number of anilines is 1. The maximum absolute atomic E-state index is 11.9. The highest BCUT2D eigenvalue weighted by Crippen LogP contribution is 2.15. The van der Waals surface area contributed by atoms with E-state index in [0.717, 1.165) is 5.56 Å². The van der Waals surface area contributed by atoms with Gasteiger partial charge in [-0.05, 0) is 51.5 Å². The maximum Gasteiger partial charge on any atom is 0.415 e. The summed E-state index contributed by atoms with van der Waals surface area (Å²) in [6.07, 6.45) is 4.01. The second-order valence-electron chi connectivity index (χ2n) is 5.57. The molecular weight excluding hydrogens is 284 g/mol. The summed E-state index contributed by atoms with van der Waals surface area (Å²) in [5, 5.41) is 0. The van der Waals surface area contributed by atoms with Gasteiger partial charge >= 0.3 is 12.1 Å². The Morgan fingerprint density at radius 2 is 2.00 bits per heavy atom. The van der Waals surface area contributed by atoms with E-state index in [1.807, 2.05) is 0 Å². The molecule has 0 aliphatic rings. The molecule has 22 heavy (non-hydrogen) atoms. The highest BCUT2D eigenvalue weighted by Gasteiger charge is 2.20. The molecule has 0 unspecified atom stereocenters. The first-order valence-corrected chi connectivity index (χ1v) is 7.00. The second-order valence-corrected chi connectivity index (χ2v) is 5.57. The number of esters is 1. The molecule has 0 saturated heterocycles. The summed E-state index contributed by atoms with van der Waals surface area (Å²) in [5.41, 5.74) is 0.169. The number of carbonyl (C=O) groups is 2. The minimum Gasteiger partial charge on any atom is -0.463 e. The van der Waals surface area contributed by atoms with Crippen LogP contribution in [0.15, 0.2) is 24.4 Å². The van der Waals surface area contributed by atoms with Gasteiger partial charge in [-0.1, -0.05) is 0 Å². The average molecular weight is 306 g/mol. The van der Waals surface area contributed by atoms with Crippen LogP contribution in [0.3, 0.4) is 0 Å². The molecule has 0 aliphatic carbocycles. The average Bonchev–Trinajstić information content (AvgIpc) is 2.43. The Morgan fingerprint density at radius 3 is 2.50 bits per heavy atom. The lowest BCUT2D eigenvalue weighted by Crippen LogP contribution is -2.34. The van der Waals surface area contributed by atoms with Crippen LogP contribution in [0.25, 0.3) is 6.08 Å². The number of nitrogens with zero attached hydrogens (tertiary/aromatic N) is 2. The minimum absolute atomic E-state index is 0.334. The maximum atomic E-state index is 11.9. The van der Waals surface area contributed by atoms with Gasteiger partial charge in [0.25, 0.3) is 0 Å². The van der Waals surface area contributed by atoms with E-state index in [4.69, 9.17) is 9.47 Å². The molecule has 1 aromatic heterocycles. The third-order valence-corrected chi connectivity index (χ3v) is 2.48. The minimum atomic E-state index is -0.562. The van der Waals surface area contributed by atoms with Crippen LogP contribution in [0.2, 0.25) is 0 Å². The number of aromatic nitrogens is 1. The largest absolute Gasteiger partial charge is 0.463 e. The summed E-state index contributed by atoms with van der Waals surface area (Å²) in [5.74, 6) is 0.0555. The van der Waals surface area contributed by atoms with Gasteiger partial charge in [-0.2, -0.15) is 0 Å². The molecule has 0 bridgehead atoms. The normalized spacial score (nSPS) is 11.3. The third kappa shape index (κ3) is 5.95. The fraction of sp³-hybridized carbons (Fsp3) is 0.438. The molecule has 0 aliphatic heterocycles. The standard InChI is InChI=1S/C16H22N2O4/c1-6-21-14(19)10-8-12-7-9-13(17-11-12)18(5)15(20)22-16(2,3)4/h7-11H,6H2,1-5H3. The predicted octanol–water partition coefficient (Wildman–Crippen LogP) is 3.03.